The van der Waals surface area contributed by atoms with E-state index in [0.717, 1.165) is 38.9 Å². The molecule has 0 aromatic carbocycles. The Balaban J connectivity index is 1.96. The number of carbonyl (C=O) groups excluding carboxylic acids is 1. The van der Waals surface area contributed by atoms with Gasteiger partial charge >= 0.3 is 0 Å². The summed E-state index contributed by atoms with van der Waals surface area (Å²) < 4.78 is 0. The van der Waals surface area contributed by atoms with E-state index in [9.17, 15) is 4.79 Å². The summed E-state index contributed by atoms with van der Waals surface area (Å²) >= 11 is 0. The topological polar surface area (TPSA) is 49.6 Å². The van der Waals surface area contributed by atoms with Crippen molar-refractivity contribution in [2.45, 2.75) is 31.7 Å². The molecule has 0 aromatic heterocycles. The van der Waals surface area contributed by atoms with Crippen LogP contribution in [-0.2, 0) is 4.79 Å². The molecule has 2 fully saturated rings. The summed E-state index contributed by atoms with van der Waals surface area (Å²) in [5, 5.41) is 0. The van der Waals surface area contributed by atoms with Gasteiger partial charge in [-0.3, -0.25) is 4.79 Å². The molecule has 0 aromatic rings. The molecular weight excluding hydrogens is 202 g/mol. The van der Waals surface area contributed by atoms with Gasteiger partial charge in [-0.25, -0.2) is 0 Å². The van der Waals surface area contributed by atoms with Crippen LogP contribution in [0.4, 0.5) is 0 Å². The fraction of sp³-hybridized carbons (Fsp3) is 0.917. The molecule has 0 aliphatic carbocycles. The highest BCUT2D eigenvalue weighted by molar-refractivity contribution is 5.79. The molecule has 2 N–H and O–H groups in total. The summed E-state index contributed by atoms with van der Waals surface area (Å²) in [6.07, 6.45) is 4.47. The van der Waals surface area contributed by atoms with Gasteiger partial charge < -0.3 is 15.5 Å². The van der Waals surface area contributed by atoms with Gasteiger partial charge in [0.1, 0.15) is 0 Å². The van der Waals surface area contributed by atoms with Gasteiger partial charge in [-0.1, -0.05) is 0 Å². The summed E-state index contributed by atoms with van der Waals surface area (Å²) in [4.78, 5) is 16.6. The standard InChI is InChI=1S/C12H23N3O/c1-14-7-5-10(9-14)12(16)15-6-3-2-4-11(15)8-13/h10-11H,2-9,13H2,1H3. The van der Waals surface area contributed by atoms with Crippen LogP contribution in [0, 0.1) is 5.92 Å². The second-order valence-electron chi connectivity index (χ2n) is 5.16. The first-order chi connectivity index (χ1) is 7.72. The fourth-order valence-electron chi connectivity index (χ4n) is 2.91. The van der Waals surface area contributed by atoms with Crippen LogP contribution < -0.4 is 5.73 Å². The highest BCUT2D eigenvalue weighted by Gasteiger charge is 2.33. The molecule has 16 heavy (non-hydrogen) atoms. The fourth-order valence-corrected chi connectivity index (χ4v) is 2.91. The molecule has 2 aliphatic heterocycles. The van der Waals surface area contributed by atoms with Crippen LogP contribution in [0.2, 0.25) is 0 Å². The van der Waals surface area contributed by atoms with Gasteiger partial charge in [0.25, 0.3) is 0 Å². The van der Waals surface area contributed by atoms with Crippen molar-refractivity contribution in [1.82, 2.24) is 9.80 Å². The minimum absolute atomic E-state index is 0.220. The predicted octanol–water partition coefficient (Wildman–Crippen LogP) is 0.278. The highest BCUT2D eigenvalue weighted by atomic mass is 16.2. The number of hydrogen-bond donors (Lipinski definition) is 1. The zero-order chi connectivity index (χ0) is 11.5. The van der Waals surface area contributed by atoms with Crippen molar-refractivity contribution in [2.24, 2.45) is 11.7 Å². The van der Waals surface area contributed by atoms with Gasteiger partial charge in [0.05, 0.1) is 5.92 Å². The van der Waals surface area contributed by atoms with Gasteiger partial charge in [-0.05, 0) is 39.3 Å². The lowest BCUT2D eigenvalue weighted by Crippen LogP contribution is -2.49. The van der Waals surface area contributed by atoms with Gasteiger partial charge in [0, 0.05) is 25.7 Å². The van der Waals surface area contributed by atoms with E-state index in [2.05, 4.69) is 11.9 Å². The van der Waals surface area contributed by atoms with E-state index in [1.165, 1.54) is 6.42 Å². The second kappa shape index (κ2) is 5.15. The van der Waals surface area contributed by atoms with Gasteiger partial charge in [0.2, 0.25) is 5.91 Å². The summed E-state index contributed by atoms with van der Waals surface area (Å²) in [5.74, 6) is 0.566. The molecule has 0 bridgehead atoms. The molecule has 2 saturated heterocycles. The van der Waals surface area contributed by atoms with Crippen molar-refractivity contribution in [2.75, 3.05) is 33.2 Å². The molecule has 0 saturated carbocycles. The maximum Gasteiger partial charge on any atom is 0.227 e. The first kappa shape index (κ1) is 11.9. The Morgan fingerprint density at radius 1 is 1.31 bits per heavy atom. The van der Waals surface area contributed by atoms with Crippen LogP contribution in [0.25, 0.3) is 0 Å². The number of amides is 1. The molecule has 4 nitrogen and oxygen atoms in total. The Hall–Kier alpha value is -0.610. The van der Waals surface area contributed by atoms with E-state index < -0.39 is 0 Å². The van der Waals surface area contributed by atoms with E-state index in [1.54, 1.807) is 0 Å². The highest BCUT2D eigenvalue weighted by Crippen LogP contribution is 2.23. The Morgan fingerprint density at radius 3 is 2.75 bits per heavy atom. The van der Waals surface area contributed by atoms with Crippen LogP contribution in [0.5, 0.6) is 0 Å². The Morgan fingerprint density at radius 2 is 2.12 bits per heavy atom. The van der Waals surface area contributed by atoms with Gasteiger partial charge in [0.15, 0.2) is 0 Å². The van der Waals surface area contributed by atoms with Crippen molar-refractivity contribution in [3.8, 4) is 0 Å². The van der Waals surface area contributed by atoms with Crippen molar-refractivity contribution in [3.63, 3.8) is 0 Å². The number of likely N-dealkylation sites (tertiary alicyclic amines) is 2. The maximum atomic E-state index is 12.4. The van der Waals surface area contributed by atoms with Crippen molar-refractivity contribution in [3.05, 3.63) is 0 Å². The number of nitrogens with zero attached hydrogens (tertiary/aromatic N) is 2. The van der Waals surface area contributed by atoms with Crippen LogP contribution in [0.3, 0.4) is 0 Å². The number of nitrogens with two attached hydrogens (primary N) is 1. The second-order valence-corrected chi connectivity index (χ2v) is 5.16. The molecule has 2 unspecified atom stereocenters. The summed E-state index contributed by atoms with van der Waals surface area (Å²) in [7, 11) is 2.09. The summed E-state index contributed by atoms with van der Waals surface area (Å²) in [6, 6.07) is 0.298. The zero-order valence-electron chi connectivity index (χ0n) is 10.2. The number of carbonyl (C=O) groups is 1. The van der Waals surface area contributed by atoms with E-state index in [0.29, 0.717) is 18.5 Å². The normalized spacial score (nSPS) is 32.0. The third-order valence-corrected chi connectivity index (χ3v) is 3.92. The number of rotatable bonds is 2. The predicted molar refractivity (Wildman–Crippen MR) is 64.0 cm³/mol. The molecule has 1 amide bonds. The summed E-state index contributed by atoms with van der Waals surface area (Å²) in [6.45, 7) is 3.51. The Kier molecular flexibility index (Phi) is 3.82. The molecule has 2 atom stereocenters. The van der Waals surface area contributed by atoms with Crippen molar-refractivity contribution < 1.29 is 4.79 Å². The zero-order valence-corrected chi connectivity index (χ0v) is 10.2. The quantitative estimate of drug-likeness (QED) is 0.734. The third-order valence-electron chi connectivity index (χ3n) is 3.92. The minimum atomic E-state index is 0.220. The van der Waals surface area contributed by atoms with Crippen molar-refractivity contribution >= 4 is 5.91 Å². The number of hydrogen-bond acceptors (Lipinski definition) is 3. The molecule has 0 radical (unpaired) electrons. The molecule has 2 rings (SSSR count). The maximum absolute atomic E-state index is 12.4. The largest absolute Gasteiger partial charge is 0.338 e. The van der Waals surface area contributed by atoms with E-state index in [1.807, 2.05) is 4.90 Å². The van der Waals surface area contributed by atoms with Crippen LogP contribution >= 0.6 is 0 Å². The average Bonchev–Trinajstić information content (AvgIpc) is 2.75. The monoisotopic (exact) mass is 225 g/mol. The smallest absolute Gasteiger partial charge is 0.227 e. The van der Waals surface area contributed by atoms with E-state index >= 15 is 0 Å². The lowest BCUT2D eigenvalue weighted by molar-refractivity contribution is -0.138. The van der Waals surface area contributed by atoms with Gasteiger partial charge in [-0.15, -0.1) is 0 Å². The molecular formula is C12H23N3O. The van der Waals surface area contributed by atoms with E-state index in [4.69, 9.17) is 5.73 Å². The summed E-state index contributed by atoms with van der Waals surface area (Å²) in [5.41, 5.74) is 5.75. The third kappa shape index (κ3) is 2.38. The van der Waals surface area contributed by atoms with Gasteiger partial charge in [-0.2, -0.15) is 0 Å². The van der Waals surface area contributed by atoms with Crippen LogP contribution in [0.15, 0.2) is 0 Å². The molecule has 2 aliphatic rings. The molecule has 4 heteroatoms. The SMILES string of the molecule is CN1CCC(C(=O)N2CCCCC2CN)C1. The van der Waals surface area contributed by atoms with Crippen LogP contribution in [-0.4, -0.2) is 55.0 Å². The molecule has 0 spiro atoms. The minimum Gasteiger partial charge on any atom is -0.338 e. The van der Waals surface area contributed by atoms with Crippen molar-refractivity contribution in [1.29, 1.82) is 0 Å². The van der Waals surface area contributed by atoms with E-state index in [-0.39, 0.29) is 5.92 Å². The molecule has 92 valence electrons. The Bertz CT molecular complexity index is 257. The first-order valence-corrected chi connectivity index (χ1v) is 6.41. The lowest BCUT2D eigenvalue weighted by atomic mass is 9.98. The first-order valence-electron chi connectivity index (χ1n) is 6.41. The molecule has 2 heterocycles. The lowest BCUT2D eigenvalue weighted by Gasteiger charge is -2.36. The average molecular weight is 225 g/mol. The number of piperidine rings is 1. The van der Waals surface area contributed by atoms with Crippen LogP contribution in [0.1, 0.15) is 25.7 Å². The Labute approximate surface area is 97.8 Å².